The van der Waals surface area contributed by atoms with Gasteiger partial charge in [0.25, 0.3) is 0 Å². The smallest absolute Gasteiger partial charge is 0.236 e. The molecular weight excluding hydrogens is 192 g/mol. The number of hydrogen-bond acceptors (Lipinski definition) is 4. The summed E-state index contributed by atoms with van der Waals surface area (Å²) in [5.74, 6) is 0.248. The molecule has 0 bridgehead atoms. The lowest BCUT2D eigenvalue weighted by molar-refractivity contribution is -0.116. The van der Waals surface area contributed by atoms with Crippen molar-refractivity contribution in [3.05, 3.63) is 23.9 Å². The van der Waals surface area contributed by atoms with Crippen LogP contribution in [0.1, 0.15) is 12.5 Å². The molecule has 1 aromatic rings. The van der Waals surface area contributed by atoms with Crippen molar-refractivity contribution in [3.8, 4) is 6.07 Å². The van der Waals surface area contributed by atoms with Crippen molar-refractivity contribution in [1.82, 2.24) is 4.98 Å². The molecule has 5 heteroatoms. The molecule has 0 saturated carbocycles. The van der Waals surface area contributed by atoms with E-state index in [0.717, 1.165) is 0 Å². The molecule has 15 heavy (non-hydrogen) atoms. The van der Waals surface area contributed by atoms with Gasteiger partial charge in [0.05, 0.1) is 12.1 Å². The molecule has 1 amide bonds. The molecule has 1 rings (SSSR count). The quantitative estimate of drug-likeness (QED) is 0.762. The van der Waals surface area contributed by atoms with Crippen molar-refractivity contribution < 1.29 is 4.79 Å². The van der Waals surface area contributed by atoms with E-state index >= 15 is 0 Å². The number of amides is 1. The summed E-state index contributed by atoms with van der Waals surface area (Å²) in [5, 5.41) is 8.59. The molecule has 0 aliphatic carbocycles. The molecular formula is C10H12N4O. The highest BCUT2D eigenvalue weighted by molar-refractivity contribution is 5.79. The first-order valence-electron chi connectivity index (χ1n) is 4.56. The number of primary amides is 1. The van der Waals surface area contributed by atoms with Crippen LogP contribution in [-0.2, 0) is 4.79 Å². The summed E-state index contributed by atoms with van der Waals surface area (Å²) in [5.41, 5.74) is 5.60. The Morgan fingerprint density at radius 1 is 1.67 bits per heavy atom. The van der Waals surface area contributed by atoms with Crippen molar-refractivity contribution in [2.45, 2.75) is 6.92 Å². The third-order valence-electron chi connectivity index (χ3n) is 1.93. The molecule has 0 radical (unpaired) electrons. The van der Waals surface area contributed by atoms with E-state index in [-0.39, 0.29) is 6.54 Å². The first kappa shape index (κ1) is 11.0. The molecule has 0 aliphatic rings. The van der Waals surface area contributed by atoms with Gasteiger partial charge in [-0.3, -0.25) is 4.79 Å². The summed E-state index contributed by atoms with van der Waals surface area (Å²) >= 11 is 0. The van der Waals surface area contributed by atoms with Gasteiger partial charge in [0, 0.05) is 12.7 Å². The Kier molecular flexibility index (Phi) is 3.63. The van der Waals surface area contributed by atoms with E-state index < -0.39 is 5.91 Å². The number of likely N-dealkylation sites (N-methyl/N-ethyl adjacent to an activating group) is 1. The Bertz CT molecular complexity index is 379. The summed E-state index contributed by atoms with van der Waals surface area (Å²) < 4.78 is 0. The fourth-order valence-electron chi connectivity index (χ4n) is 1.18. The topological polar surface area (TPSA) is 83.0 Å². The second-order valence-electron chi connectivity index (χ2n) is 3.00. The summed E-state index contributed by atoms with van der Waals surface area (Å²) in [6.07, 6.45) is 1.47. The number of pyridine rings is 1. The highest BCUT2D eigenvalue weighted by Crippen LogP contribution is 2.09. The number of nitriles is 1. The Hall–Kier alpha value is -2.09. The molecule has 0 spiro atoms. The number of hydrogen-bond donors (Lipinski definition) is 1. The lowest BCUT2D eigenvalue weighted by atomic mass is 10.3. The zero-order valence-electron chi connectivity index (χ0n) is 8.47. The summed E-state index contributed by atoms with van der Waals surface area (Å²) in [4.78, 5) is 16.6. The van der Waals surface area contributed by atoms with E-state index in [1.165, 1.54) is 6.20 Å². The predicted molar refractivity (Wildman–Crippen MR) is 56.0 cm³/mol. The van der Waals surface area contributed by atoms with E-state index in [0.29, 0.717) is 17.9 Å². The molecule has 0 fully saturated rings. The van der Waals surface area contributed by atoms with Crippen LogP contribution in [0.15, 0.2) is 18.3 Å². The molecule has 0 aromatic carbocycles. The van der Waals surface area contributed by atoms with Crippen LogP contribution in [0.25, 0.3) is 0 Å². The van der Waals surface area contributed by atoms with Gasteiger partial charge in [-0.25, -0.2) is 4.98 Å². The average molecular weight is 204 g/mol. The zero-order valence-corrected chi connectivity index (χ0v) is 8.47. The van der Waals surface area contributed by atoms with Crippen LogP contribution in [0.4, 0.5) is 5.82 Å². The van der Waals surface area contributed by atoms with Gasteiger partial charge in [-0.1, -0.05) is 0 Å². The van der Waals surface area contributed by atoms with Crippen molar-refractivity contribution in [2.24, 2.45) is 5.73 Å². The number of carbonyl (C=O) groups is 1. The van der Waals surface area contributed by atoms with E-state index in [1.807, 2.05) is 13.0 Å². The van der Waals surface area contributed by atoms with Gasteiger partial charge >= 0.3 is 0 Å². The minimum absolute atomic E-state index is 0.134. The highest BCUT2D eigenvalue weighted by Gasteiger charge is 2.07. The van der Waals surface area contributed by atoms with Crippen LogP contribution in [0.3, 0.4) is 0 Å². The Morgan fingerprint density at radius 3 is 2.80 bits per heavy atom. The lowest BCUT2D eigenvalue weighted by Gasteiger charge is -2.19. The Morgan fingerprint density at radius 2 is 2.40 bits per heavy atom. The number of nitrogens with two attached hydrogens (primary N) is 1. The van der Waals surface area contributed by atoms with Crippen molar-refractivity contribution >= 4 is 11.7 Å². The number of anilines is 1. The summed E-state index contributed by atoms with van der Waals surface area (Å²) in [6.45, 7) is 2.68. The fraction of sp³-hybridized carbons (Fsp3) is 0.300. The van der Waals surface area contributed by atoms with Crippen molar-refractivity contribution in [3.63, 3.8) is 0 Å². The molecule has 0 unspecified atom stereocenters. The van der Waals surface area contributed by atoms with E-state index in [4.69, 9.17) is 11.0 Å². The van der Waals surface area contributed by atoms with E-state index in [9.17, 15) is 4.79 Å². The minimum Gasteiger partial charge on any atom is -0.368 e. The predicted octanol–water partition coefficient (Wildman–Crippen LogP) is 0.265. The summed E-state index contributed by atoms with van der Waals surface area (Å²) in [6, 6.07) is 5.34. The maximum absolute atomic E-state index is 10.8. The molecule has 0 saturated heterocycles. The Labute approximate surface area is 88.1 Å². The minimum atomic E-state index is -0.400. The molecule has 0 aliphatic heterocycles. The molecule has 2 N–H and O–H groups in total. The standard InChI is InChI=1S/C10H12N4O/c1-2-14(7-9(12)15)10-4-3-8(5-11)6-13-10/h3-4,6H,2,7H2,1H3,(H2,12,15). The zero-order chi connectivity index (χ0) is 11.3. The number of aromatic nitrogens is 1. The molecule has 1 heterocycles. The maximum Gasteiger partial charge on any atom is 0.236 e. The van der Waals surface area contributed by atoms with Gasteiger partial charge in [0.1, 0.15) is 11.9 Å². The second kappa shape index (κ2) is 4.96. The maximum atomic E-state index is 10.8. The van der Waals surface area contributed by atoms with Crippen LogP contribution in [-0.4, -0.2) is 24.0 Å². The first-order valence-corrected chi connectivity index (χ1v) is 4.56. The molecule has 1 aromatic heterocycles. The highest BCUT2D eigenvalue weighted by atomic mass is 16.1. The molecule has 78 valence electrons. The third-order valence-corrected chi connectivity index (χ3v) is 1.93. The van der Waals surface area contributed by atoms with E-state index in [2.05, 4.69) is 4.98 Å². The Balaban J connectivity index is 2.84. The molecule has 0 atom stereocenters. The van der Waals surface area contributed by atoms with Gasteiger partial charge in [-0.15, -0.1) is 0 Å². The van der Waals surface area contributed by atoms with Crippen LogP contribution < -0.4 is 10.6 Å². The van der Waals surface area contributed by atoms with Crippen LogP contribution in [0.5, 0.6) is 0 Å². The third kappa shape index (κ3) is 2.95. The van der Waals surface area contributed by atoms with Crippen LogP contribution in [0.2, 0.25) is 0 Å². The monoisotopic (exact) mass is 204 g/mol. The second-order valence-corrected chi connectivity index (χ2v) is 3.00. The first-order chi connectivity index (χ1) is 7.17. The van der Waals surface area contributed by atoms with Crippen molar-refractivity contribution in [1.29, 1.82) is 5.26 Å². The van der Waals surface area contributed by atoms with Gasteiger partial charge in [0.15, 0.2) is 0 Å². The SMILES string of the molecule is CCN(CC(N)=O)c1ccc(C#N)cn1. The summed E-state index contributed by atoms with van der Waals surface area (Å²) in [7, 11) is 0. The van der Waals surface area contributed by atoms with Gasteiger partial charge in [-0.2, -0.15) is 5.26 Å². The van der Waals surface area contributed by atoms with Crippen LogP contribution >= 0.6 is 0 Å². The van der Waals surface area contributed by atoms with Crippen molar-refractivity contribution in [2.75, 3.05) is 18.0 Å². The number of nitrogens with zero attached hydrogens (tertiary/aromatic N) is 3. The number of carbonyl (C=O) groups excluding carboxylic acids is 1. The van der Waals surface area contributed by atoms with Gasteiger partial charge in [-0.05, 0) is 19.1 Å². The largest absolute Gasteiger partial charge is 0.368 e. The van der Waals surface area contributed by atoms with E-state index in [1.54, 1.807) is 17.0 Å². The van der Waals surface area contributed by atoms with Gasteiger partial charge < -0.3 is 10.6 Å². The van der Waals surface area contributed by atoms with Gasteiger partial charge in [0.2, 0.25) is 5.91 Å². The number of rotatable bonds is 4. The average Bonchev–Trinajstić information content (AvgIpc) is 2.26. The fourth-order valence-corrected chi connectivity index (χ4v) is 1.18. The molecule has 5 nitrogen and oxygen atoms in total. The normalized spacial score (nSPS) is 9.33. The lowest BCUT2D eigenvalue weighted by Crippen LogP contribution is -2.34. The van der Waals surface area contributed by atoms with Crippen LogP contribution in [0, 0.1) is 11.3 Å².